The number of nitrogens with one attached hydrogen (secondary N) is 1. The predicted octanol–water partition coefficient (Wildman–Crippen LogP) is 2.40. The molecule has 0 bridgehead atoms. The Kier molecular flexibility index (Phi) is 3.22. The van der Waals surface area contributed by atoms with Crippen LogP contribution in [0.2, 0.25) is 0 Å². The number of hydrogen-bond acceptors (Lipinski definition) is 4. The molecule has 0 aliphatic heterocycles. The topological polar surface area (TPSA) is 100 Å². The summed E-state index contributed by atoms with van der Waals surface area (Å²) in [6, 6.07) is 7.74. The van der Waals surface area contributed by atoms with Crippen LogP contribution in [0.1, 0.15) is 15.9 Å². The van der Waals surface area contributed by atoms with Crippen molar-refractivity contribution in [2.45, 2.75) is 16.7 Å². The van der Waals surface area contributed by atoms with Crippen LogP contribution < -0.4 is 0 Å². The van der Waals surface area contributed by atoms with Crippen molar-refractivity contribution in [3.05, 3.63) is 53.9 Å². The molecule has 6 nitrogen and oxygen atoms in total. The number of sulfone groups is 1. The zero-order valence-corrected chi connectivity index (χ0v) is 12.4. The van der Waals surface area contributed by atoms with Crippen LogP contribution in [0.5, 0.6) is 0 Å². The molecular formula is C15H12N2O4S. The van der Waals surface area contributed by atoms with Crippen LogP contribution >= 0.6 is 0 Å². The Morgan fingerprint density at radius 1 is 1.18 bits per heavy atom. The number of aromatic nitrogens is 2. The summed E-state index contributed by atoms with van der Waals surface area (Å²) in [7, 11) is -3.96. The Morgan fingerprint density at radius 3 is 2.50 bits per heavy atom. The first-order chi connectivity index (χ1) is 10.4. The monoisotopic (exact) mass is 316 g/mol. The van der Waals surface area contributed by atoms with Crippen LogP contribution in [0.4, 0.5) is 0 Å². The lowest BCUT2D eigenvalue weighted by Crippen LogP contribution is -2.11. The molecule has 0 saturated carbocycles. The van der Waals surface area contributed by atoms with E-state index in [4.69, 9.17) is 0 Å². The van der Waals surface area contributed by atoms with Gasteiger partial charge in [-0.25, -0.2) is 18.2 Å². The van der Waals surface area contributed by atoms with Gasteiger partial charge in [0, 0.05) is 17.8 Å². The number of aromatic amines is 1. The van der Waals surface area contributed by atoms with Gasteiger partial charge in [-0.1, -0.05) is 17.7 Å². The van der Waals surface area contributed by atoms with Gasteiger partial charge in [0.2, 0.25) is 9.84 Å². The standard InChI is InChI=1S/C15H12N2O4S/c1-9-2-4-10(5-3-9)22(20,21)12-8-17-14-11(6-7-16-14)13(12)15(18)19/h2-8H,1H3,(H,16,17)(H,18,19). The smallest absolute Gasteiger partial charge is 0.337 e. The van der Waals surface area contributed by atoms with Crippen LogP contribution in [-0.4, -0.2) is 29.5 Å². The quantitative estimate of drug-likeness (QED) is 0.773. The lowest BCUT2D eigenvalue weighted by atomic mass is 10.2. The van der Waals surface area contributed by atoms with E-state index >= 15 is 0 Å². The fourth-order valence-electron chi connectivity index (χ4n) is 2.26. The molecule has 0 aliphatic rings. The van der Waals surface area contributed by atoms with Gasteiger partial charge in [-0.2, -0.15) is 0 Å². The molecular weight excluding hydrogens is 304 g/mol. The molecule has 2 heterocycles. The maximum absolute atomic E-state index is 12.7. The number of carbonyl (C=O) groups is 1. The summed E-state index contributed by atoms with van der Waals surface area (Å²) in [4.78, 5) is 18.1. The molecule has 3 rings (SSSR count). The second-order valence-corrected chi connectivity index (χ2v) is 6.78. The van der Waals surface area contributed by atoms with Gasteiger partial charge in [0.05, 0.1) is 10.5 Å². The van der Waals surface area contributed by atoms with Crippen LogP contribution in [0, 0.1) is 6.92 Å². The largest absolute Gasteiger partial charge is 0.478 e. The number of rotatable bonds is 3. The zero-order chi connectivity index (χ0) is 15.9. The number of aryl methyl sites for hydroxylation is 1. The third-order valence-electron chi connectivity index (χ3n) is 3.39. The van der Waals surface area contributed by atoms with E-state index in [9.17, 15) is 18.3 Å². The fourth-order valence-corrected chi connectivity index (χ4v) is 3.66. The second kappa shape index (κ2) is 4.96. The first kappa shape index (κ1) is 14.3. The van der Waals surface area contributed by atoms with Crippen molar-refractivity contribution in [2.24, 2.45) is 0 Å². The SMILES string of the molecule is Cc1ccc(S(=O)(=O)c2cnc3[nH]ccc3c2C(=O)O)cc1. The number of hydrogen-bond donors (Lipinski definition) is 2. The van der Waals surface area contributed by atoms with E-state index in [-0.39, 0.29) is 20.7 Å². The number of carboxylic acids is 1. The van der Waals surface area contributed by atoms with Crippen molar-refractivity contribution in [3.8, 4) is 0 Å². The number of H-pyrrole nitrogens is 1. The molecule has 0 atom stereocenters. The zero-order valence-electron chi connectivity index (χ0n) is 11.6. The van der Waals surface area contributed by atoms with Crippen molar-refractivity contribution in [3.63, 3.8) is 0 Å². The maximum atomic E-state index is 12.7. The number of aromatic carboxylic acids is 1. The molecule has 0 saturated heterocycles. The number of pyridine rings is 1. The fraction of sp³-hybridized carbons (Fsp3) is 0.0667. The van der Waals surface area contributed by atoms with Gasteiger partial charge in [0.1, 0.15) is 10.5 Å². The molecule has 2 aromatic heterocycles. The minimum atomic E-state index is -3.96. The van der Waals surface area contributed by atoms with E-state index < -0.39 is 15.8 Å². The van der Waals surface area contributed by atoms with Crippen molar-refractivity contribution in [1.82, 2.24) is 9.97 Å². The normalized spacial score (nSPS) is 11.7. The Balaban J connectivity index is 2.31. The minimum absolute atomic E-state index is 0.0392. The third kappa shape index (κ3) is 2.15. The van der Waals surface area contributed by atoms with Gasteiger partial charge in [-0.15, -0.1) is 0 Å². The molecule has 0 spiro atoms. The second-order valence-electron chi connectivity index (χ2n) is 4.86. The Bertz CT molecular complexity index is 972. The van der Waals surface area contributed by atoms with Crippen molar-refractivity contribution in [1.29, 1.82) is 0 Å². The molecule has 0 amide bonds. The van der Waals surface area contributed by atoms with E-state index in [2.05, 4.69) is 9.97 Å². The molecule has 0 aliphatic carbocycles. The van der Waals surface area contributed by atoms with E-state index in [1.165, 1.54) is 24.4 Å². The Hall–Kier alpha value is -2.67. The van der Waals surface area contributed by atoms with E-state index in [0.717, 1.165) is 11.8 Å². The molecule has 0 fully saturated rings. The summed E-state index contributed by atoms with van der Waals surface area (Å²) >= 11 is 0. The summed E-state index contributed by atoms with van der Waals surface area (Å²) in [5.74, 6) is -1.31. The lowest BCUT2D eigenvalue weighted by Gasteiger charge is -2.09. The molecule has 1 aromatic carbocycles. The Morgan fingerprint density at radius 2 is 1.86 bits per heavy atom. The molecule has 7 heteroatoms. The minimum Gasteiger partial charge on any atom is -0.478 e. The third-order valence-corrected chi connectivity index (χ3v) is 5.17. The average molecular weight is 316 g/mol. The highest BCUT2D eigenvalue weighted by Gasteiger charge is 2.27. The first-order valence-corrected chi connectivity index (χ1v) is 7.91. The molecule has 3 aromatic rings. The summed E-state index contributed by atoms with van der Waals surface area (Å²) in [5.41, 5.74) is 0.976. The van der Waals surface area contributed by atoms with E-state index in [1.54, 1.807) is 12.1 Å². The number of carboxylic acid groups (broad SMARTS) is 1. The molecule has 112 valence electrons. The molecule has 0 radical (unpaired) electrons. The van der Waals surface area contributed by atoms with Crippen LogP contribution in [0.3, 0.4) is 0 Å². The van der Waals surface area contributed by atoms with Crippen LogP contribution in [0.15, 0.2) is 52.5 Å². The molecule has 2 N–H and O–H groups in total. The van der Waals surface area contributed by atoms with E-state index in [1.807, 2.05) is 6.92 Å². The van der Waals surface area contributed by atoms with Gasteiger partial charge in [0.15, 0.2) is 0 Å². The summed E-state index contributed by atoms with van der Waals surface area (Å²) in [5, 5.41) is 9.69. The highest BCUT2D eigenvalue weighted by atomic mass is 32.2. The van der Waals surface area contributed by atoms with Gasteiger partial charge in [0.25, 0.3) is 0 Å². The van der Waals surface area contributed by atoms with Gasteiger partial charge in [-0.05, 0) is 25.1 Å². The van der Waals surface area contributed by atoms with Crippen LogP contribution in [0.25, 0.3) is 11.0 Å². The Labute approximate surface area is 126 Å². The number of fused-ring (bicyclic) bond motifs is 1. The molecule has 0 unspecified atom stereocenters. The predicted molar refractivity (Wildman–Crippen MR) is 79.7 cm³/mol. The number of benzene rings is 1. The highest BCUT2D eigenvalue weighted by Crippen LogP contribution is 2.28. The lowest BCUT2D eigenvalue weighted by molar-refractivity contribution is 0.0695. The van der Waals surface area contributed by atoms with Gasteiger partial charge < -0.3 is 10.1 Å². The van der Waals surface area contributed by atoms with Gasteiger partial charge >= 0.3 is 5.97 Å². The average Bonchev–Trinajstić information content (AvgIpc) is 2.94. The van der Waals surface area contributed by atoms with E-state index in [0.29, 0.717) is 5.65 Å². The summed E-state index contributed by atoms with van der Waals surface area (Å²) in [6.07, 6.45) is 2.60. The maximum Gasteiger partial charge on any atom is 0.337 e. The molecule has 22 heavy (non-hydrogen) atoms. The highest BCUT2D eigenvalue weighted by molar-refractivity contribution is 7.91. The summed E-state index contributed by atoms with van der Waals surface area (Å²) < 4.78 is 25.4. The summed E-state index contributed by atoms with van der Waals surface area (Å²) in [6.45, 7) is 1.84. The van der Waals surface area contributed by atoms with Crippen molar-refractivity contribution >= 4 is 26.8 Å². The van der Waals surface area contributed by atoms with Crippen molar-refractivity contribution < 1.29 is 18.3 Å². The first-order valence-electron chi connectivity index (χ1n) is 6.42. The van der Waals surface area contributed by atoms with Gasteiger partial charge in [-0.3, -0.25) is 0 Å². The number of nitrogens with zero attached hydrogens (tertiary/aromatic N) is 1. The van der Waals surface area contributed by atoms with Crippen molar-refractivity contribution in [2.75, 3.05) is 0 Å². The van der Waals surface area contributed by atoms with Crippen LogP contribution in [-0.2, 0) is 9.84 Å².